The molecule has 1 unspecified atom stereocenters. The van der Waals surface area contributed by atoms with Crippen LogP contribution in [0.5, 0.6) is 0 Å². The Hall–Kier alpha value is -1.66. The highest BCUT2D eigenvalue weighted by Gasteiger charge is 2.13. The first-order valence-electron chi connectivity index (χ1n) is 6.88. The molecule has 0 aliphatic carbocycles. The summed E-state index contributed by atoms with van der Waals surface area (Å²) in [4.78, 5) is 7.83. The van der Waals surface area contributed by atoms with Crippen LogP contribution in [0.2, 0.25) is 0 Å². The SMILES string of the molecule is CC(C)CC(N)c1ncc(-c2ccc(S(C)(=O)=O)cc2)[nH]1. The van der Waals surface area contributed by atoms with Crippen LogP contribution in [-0.2, 0) is 9.84 Å². The number of nitrogens with two attached hydrogens (primary N) is 1. The molecule has 1 atom stereocenters. The van der Waals surface area contributed by atoms with E-state index < -0.39 is 9.84 Å². The maximum absolute atomic E-state index is 11.4. The van der Waals surface area contributed by atoms with Gasteiger partial charge in [0.15, 0.2) is 9.84 Å². The number of nitrogens with zero attached hydrogens (tertiary/aromatic N) is 1. The van der Waals surface area contributed by atoms with Crippen molar-refractivity contribution in [2.45, 2.75) is 31.2 Å². The first-order valence-corrected chi connectivity index (χ1v) is 8.77. The van der Waals surface area contributed by atoms with Crippen LogP contribution in [0.3, 0.4) is 0 Å². The van der Waals surface area contributed by atoms with Crippen molar-refractivity contribution in [2.75, 3.05) is 6.26 Å². The Morgan fingerprint density at radius 2 is 1.86 bits per heavy atom. The minimum absolute atomic E-state index is 0.117. The maximum atomic E-state index is 11.4. The van der Waals surface area contributed by atoms with Crippen LogP contribution in [0.4, 0.5) is 0 Å². The zero-order valence-corrected chi connectivity index (χ0v) is 13.3. The molecule has 21 heavy (non-hydrogen) atoms. The summed E-state index contributed by atoms with van der Waals surface area (Å²) in [6.07, 6.45) is 3.78. The van der Waals surface area contributed by atoms with Gasteiger partial charge in [-0.15, -0.1) is 0 Å². The Kier molecular flexibility index (Phi) is 4.49. The van der Waals surface area contributed by atoms with Gasteiger partial charge in [-0.25, -0.2) is 13.4 Å². The molecule has 6 heteroatoms. The second kappa shape index (κ2) is 5.99. The second-order valence-corrected chi connectivity index (χ2v) is 7.73. The highest BCUT2D eigenvalue weighted by atomic mass is 32.2. The molecule has 0 spiro atoms. The third kappa shape index (κ3) is 3.92. The zero-order chi connectivity index (χ0) is 15.6. The molecule has 2 aromatic rings. The number of aromatic amines is 1. The molecule has 0 fully saturated rings. The van der Waals surface area contributed by atoms with Crippen molar-refractivity contribution in [1.82, 2.24) is 9.97 Å². The molecule has 0 amide bonds. The highest BCUT2D eigenvalue weighted by molar-refractivity contribution is 7.90. The average Bonchev–Trinajstić information content (AvgIpc) is 2.86. The predicted octanol–water partition coefficient (Wildman–Crippen LogP) is 2.53. The largest absolute Gasteiger partial charge is 0.341 e. The summed E-state index contributed by atoms with van der Waals surface area (Å²) < 4.78 is 22.9. The van der Waals surface area contributed by atoms with Crippen molar-refractivity contribution in [3.8, 4) is 11.3 Å². The Labute approximate surface area is 125 Å². The molecule has 0 aliphatic heterocycles. The molecular formula is C15H21N3O2S. The molecule has 0 bridgehead atoms. The highest BCUT2D eigenvalue weighted by Crippen LogP contribution is 2.22. The number of imidazole rings is 1. The molecule has 3 N–H and O–H groups in total. The minimum atomic E-state index is -3.17. The summed E-state index contributed by atoms with van der Waals surface area (Å²) in [6.45, 7) is 4.24. The molecular weight excluding hydrogens is 286 g/mol. The number of nitrogens with one attached hydrogen (secondary N) is 1. The van der Waals surface area contributed by atoms with Crippen molar-refractivity contribution >= 4 is 9.84 Å². The normalized spacial score (nSPS) is 13.6. The Bertz CT molecular complexity index is 703. The van der Waals surface area contributed by atoms with Gasteiger partial charge in [0.1, 0.15) is 5.82 Å². The fourth-order valence-corrected chi connectivity index (χ4v) is 2.80. The van der Waals surface area contributed by atoms with E-state index in [1.807, 2.05) is 0 Å². The van der Waals surface area contributed by atoms with E-state index in [1.165, 1.54) is 6.26 Å². The molecule has 1 aromatic carbocycles. The number of hydrogen-bond acceptors (Lipinski definition) is 4. The van der Waals surface area contributed by atoms with Gasteiger partial charge in [-0.2, -0.15) is 0 Å². The molecule has 1 aromatic heterocycles. The summed E-state index contributed by atoms with van der Waals surface area (Å²) in [7, 11) is -3.17. The smallest absolute Gasteiger partial charge is 0.175 e. The van der Waals surface area contributed by atoms with E-state index in [-0.39, 0.29) is 6.04 Å². The first-order chi connectivity index (χ1) is 9.77. The predicted molar refractivity (Wildman–Crippen MR) is 83.5 cm³/mol. The molecule has 0 radical (unpaired) electrons. The summed E-state index contributed by atoms with van der Waals surface area (Å²) in [5.41, 5.74) is 7.82. The second-order valence-electron chi connectivity index (χ2n) is 5.71. The first kappa shape index (κ1) is 15.7. The van der Waals surface area contributed by atoms with Crippen molar-refractivity contribution < 1.29 is 8.42 Å². The number of H-pyrrole nitrogens is 1. The van der Waals surface area contributed by atoms with Crippen molar-refractivity contribution in [3.05, 3.63) is 36.3 Å². The number of aromatic nitrogens is 2. The van der Waals surface area contributed by atoms with Crippen LogP contribution in [0.1, 0.15) is 32.1 Å². The third-order valence-corrected chi connectivity index (χ3v) is 4.39. The maximum Gasteiger partial charge on any atom is 0.175 e. The summed E-state index contributed by atoms with van der Waals surface area (Å²) >= 11 is 0. The van der Waals surface area contributed by atoms with Gasteiger partial charge in [0, 0.05) is 6.26 Å². The molecule has 1 heterocycles. The lowest BCUT2D eigenvalue weighted by Crippen LogP contribution is -2.14. The fourth-order valence-electron chi connectivity index (χ4n) is 2.17. The summed E-state index contributed by atoms with van der Waals surface area (Å²) in [6, 6.07) is 6.61. The molecule has 0 saturated heterocycles. The molecule has 5 nitrogen and oxygen atoms in total. The monoisotopic (exact) mass is 307 g/mol. The molecule has 0 aliphatic rings. The van der Waals surface area contributed by atoms with Gasteiger partial charge in [0.05, 0.1) is 22.8 Å². The molecule has 114 valence electrons. The van der Waals surface area contributed by atoms with Crippen LogP contribution in [0.25, 0.3) is 11.3 Å². The number of hydrogen-bond donors (Lipinski definition) is 2. The Morgan fingerprint density at radius 1 is 1.24 bits per heavy atom. The van der Waals surface area contributed by atoms with Gasteiger partial charge < -0.3 is 10.7 Å². The summed E-state index contributed by atoms with van der Waals surface area (Å²) in [5, 5.41) is 0. The van der Waals surface area contributed by atoms with Crippen LogP contribution in [0, 0.1) is 5.92 Å². The molecule has 0 saturated carbocycles. The van der Waals surface area contributed by atoms with Gasteiger partial charge in [-0.1, -0.05) is 26.0 Å². The van der Waals surface area contributed by atoms with E-state index in [9.17, 15) is 8.42 Å². The van der Waals surface area contributed by atoms with E-state index in [2.05, 4.69) is 23.8 Å². The number of sulfone groups is 1. The van der Waals surface area contributed by atoms with E-state index in [0.717, 1.165) is 23.5 Å². The minimum Gasteiger partial charge on any atom is -0.341 e. The lowest BCUT2D eigenvalue weighted by atomic mass is 10.0. The van der Waals surface area contributed by atoms with Gasteiger partial charge in [-0.05, 0) is 30.0 Å². The van der Waals surface area contributed by atoms with E-state index >= 15 is 0 Å². The third-order valence-electron chi connectivity index (χ3n) is 3.27. The van der Waals surface area contributed by atoms with Gasteiger partial charge in [-0.3, -0.25) is 0 Å². The Balaban J connectivity index is 2.22. The zero-order valence-electron chi connectivity index (χ0n) is 12.5. The number of benzene rings is 1. The average molecular weight is 307 g/mol. The van der Waals surface area contributed by atoms with Crippen molar-refractivity contribution in [3.63, 3.8) is 0 Å². The van der Waals surface area contributed by atoms with Crippen LogP contribution in [0.15, 0.2) is 35.4 Å². The van der Waals surface area contributed by atoms with Gasteiger partial charge in [0.2, 0.25) is 0 Å². The topological polar surface area (TPSA) is 88.8 Å². The van der Waals surface area contributed by atoms with E-state index in [0.29, 0.717) is 10.8 Å². The van der Waals surface area contributed by atoms with Crippen LogP contribution < -0.4 is 5.73 Å². The van der Waals surface area contributed by atoms with Crippen LogP contribution >= 0.6 is 0 Å². The molecule has 2 rings (SSSR count). The lowest BCUT2D eigenvalue weighted by Gasteiger charge is -2.11. The lowest BCUT2D eigenvalue weighted by molar-refractivity contribution is 0.496. The van der Waals surface area contributed by atoms with E-state index in [1.54, 1.807) is 30.5 Å². The standard InChI is InChI=1S/C15H21N3O2S/c1-10(2)8-13(16)15-17-9-14(18-15)11-4-6-12(7-5-11)21(3,19)20/h4-7,9-10,13H,8,16H2,1-3H3,(H,17,18). The number of rotatable bonds is 5. The van der Waals surface area contributed by atoms with Gasteiger partial charge >= 0.3 is 0 Å². The van der Waals surface area contributed by atoms with Gasteiger partial charge in [0.25, 0.3) is 0 Å². The van der Waals surface area contributed by atoms with Crippen LogP contribution in [-0.4, -0.2) is 24.6 Å². The van der Waals surface area contributed by atoms with Crippen molar-refractivity contribution in [1.29, 1.82) is 0 Å². The Morgan fingerprint density at radius 3 is 2.38 bits per heavy atom. The fraction of sp³-hybridized carbons (Fsp3) is 0.400. The van der Waals surface area contributed by atoms with Crippen molar-refractivity contribution in [2.24, 2.45) is 11.7 Å². The summed E-state index contributed by atoms with van der Waals surface area (Å²) in [5.74, 6) is 1.26. The quantitative estimate of drug-likeness (QED) is 0.888. The van der Waals surface area contributed by atoms with E-state index in [4.69, 9.17) is 5.73 Å².